The second kappa shape index (κ2) is 8.44. The molecule has 0 unspecified atom stereocenters. The van der Waals surface area contributed by atoms with Crippen molar-refractivity contribution in [1.29, 1.82) is 0 Å². The molecule has 0 aliphatic rings. The van der Waals surface area contributed by atoms with Gasteiger partial charge in [-0.15, -0.1) is 0 Å². The molecule has 0 amide bonds. The molecule has 0 saturated carbocycles. The Balaban J connectivity index is 1.67. The van der Waals surface area contributed by atoms with Gasteiger partial charge in [-0.05, 0) is 57.5 Å². The number of nitrogens with one attached hydrogen (secondary N) is 1. The number of aryl methyl sites for hydroxylation is 2. The first-order valence-electron chi connectivity index (χ1n) is 10.1. The number of benzene rings is 2. The van der Waals surface area contributed by atoms with Gasteiger partial charge < -0.3 is 0 Å². The van der Waals surface area contributed by atoms with Gasteiger partial charge in [0.1, 0.15) is 4.90 Å². The van der Waals surface area contributed by atoms with Crippen LogP contribution in [0.2, 0.25) is 5.02 Å². The number of hydrogen-bond donors (Lipinski definition) is 1. The van der Waals surface area contributed by atoms with Crippen molar-refractivity contribution in [2.75, 3.05) is 4.72 Å². The van der Waals surface area contributed by atoms with Crippen molar-refractivity contribution in [3.05, 3.63) is 88.0 Å². The Hall–Kier alpha value is -3.10. The van der Waals surface area contributed by atoms with Gasteiger partial charge in [-0.3, -0.25) is 9.40 Å². The fourth-order valence-electron chi connectivity index (χ4n) is 3.78. The van der Waals surface area contributed by atoms with Gasteiger partial charge in [0, 0.05) is 5.02 Å². The van der Waals surface area contributed by atoms with Crippen LogP contribution in [-0.2, 0) is 16.6 Å². The van der Waals surface area contributed by atoms with E-state index in [4.69, 9.17) is 11.6 Å². The van der Waals surface area contributed by atoms with Crippen LogP contribution in [0.4, 0.5) is 5.69 Å². The normalized spacial score (nSPS) is 11.7. The quantitative estimate of drug-likeness (QED) is 0.439. The van der Waals surface area contributed by atoms with E-state index in [1.165, 1.54) is 0 Å². The number of sulfonamides is 1. The largest absolute Gasteiger partial charge is 0.276 e. The molecule has 0 fully saturated rings. The van der Waals surface area contributed by atoms with Crippen LogP contribution in [0.3, 0.4) is 0 Å². The molecule has 0 saturated heterocycles. The summed E-state index contributed by atoms with van der Waals surface area (Å²) in [6.07, 6.45) is 0. The van der Waals surface area contributed by atoms with Crippen LogP contribution < -0.4 is 4.72 Å². The third kappa shape index (κ3) is 4.16. The summed E-state index contributed by atoms with van der Waals surface area (Å²) < 4.78 is 32.9. The van der Waals surface area contributed by atoms with E-state index in [1.54, 1.807) is 30.1 Å². The Morgan fingerprint density at radius 1 is 0.875 bits per heavy atom. The molecule has 0 atom stereocenters. The molecule has 0 aliphatic carbocycles. The van der Waals surface area contributed by atoms with Crippen LogP contribution in [-0.4, -0.2) is 28.0 Å². The lowest BCUT2D eigenvalue weighted by Crippen LogP contribution is -2.16. The van der Waals surface area contributed by atoms with Crippen LogP contribution in [0, 0.1) is 27.7 Å². The molecule has 0 bridgehead atoms. The molecule has 0 radical (unpaired) electrons. The second-order valence-electron chi connectivity index (χ2n) is 7.68. The van der Waals surface area contributed by atoms with Gasteiger partial charge >= 0.3 is 0 Å². The topological polar surface area (TPSA) is 81.8 Å². The molecule has 2 aromatic carbocycles. The molecular formula is C23H24ClN5O2S. The third-order valence-corrected chi connectivity index (χ3v) is 7.21. The molecule has 0 spiro atoms. The van der Waals surface area contributed by atoms with Gasteiger partial charge in [-0.1, -0.05) is 41.9 Å². The first-order valence-corrected chi connectivity index (χ1v) is 12.0. The maximum Gasteiger partial charge on any atom is 0.265 e. The highest BCUT2D eigenvalue weighted by atomic mass is 35.5. The molecule has 9 heteroatoms. The van der Waals surface area contributed by atoms with Gasteiger partial charge in [0.05, 0.1) is 40.7 Å². The van der Waals surface area contributed by atoms with Gasteiger partial charge in [-0.2, -0.15) is 10.2 Å². The van der Waals surface area contributed by atoms with E-state index in [0.717, 1.165) is 16.9 Å². The molecule has 166 valence electrons. The summed E-state index contributed by atoms with van der Waals surface area (Å²) in [5.74, 6) is 0. The van der Waals surface area contributed by atoms with Gasteiger partial charge in [0.15, 0.2) is 0 Å². The smallest absolute Gasteiger partial charge is 0.265 e. The molecule has 2 aromatic heterocycles. The summed E-state index contributed by atoms with van der Waals surface area (Å²) in [7, 11) is -3.88. The zero-order valence-corrected chi connectivity index (χ0v) is 19.9. The third-order valence-electron chi connectivity index (χ3n) is 5.36. The van der Waals surface area contributed by atoms with Crippen molar-refractivity contribution in [3.63, 3.8) is 0 Å². The van der Waals surface area contributed by atoms with Gasteiger partial charge in [0.2, 0.25) is 0 Å². The molecule has 2 heterocycles. The van der Waals surface area contributed by atoms with E-state index in [2.05, 4.69) is 14.9 Å². The molecule has 7 nitrogen and oxygen atoms in total. The first-order chi connectivity index (χ1) is 15.2. The van der Waals surface area contributed by atoms with Crippen molar-refractivity contribution >= 4 is 27.3 Å². The minimum absolute atomic E-state index is 0.172. The van der Waals surface area contributed by atoms with E-state index < -0.39 is 10.0 Å². The first kappa shape index (κ1) is 22.1. The van der Waals surface area contributed by atoms with Crippen LogP contribution >= 0.6 is 11.6 Å². The molecule has 32 heavy (non-hydrogen) atoms. The summed E-state index contributed by atoms with van der Waals surface area (Å²) in [5, 5.41) is 9.67. The Bertz CT molecular complexity index is 1370. The summed E-state index contributed by atoms with van der Waals surface area (Å²) in [6.45, 7) is 7.60. The SMILES string of the molecule is Cc1nn(Cc2ccc(Cl)cc2)c(C)c1NS(=O)(=O)c1c(C)nn(-c2ccccc2)c1C. The fourth-order valence-corrected chi connectivity index (χ4v) is 5.48. The lowest BCUT2D eigenvalue weighted by Gasteiger charge is -2.10. The molecule has 1 N–H and O–H groups in total. The highest BCUT2D eigenvalue weighted by Crippen LogP contribution is 2.28. The Morgan fingerprint density at radius 2 is 1.53 bits per heavy atom. The average molecular weight is 470 g/mol. The van der Waals surface area contributed by atoms with Crippen molar-refractivity contribution < 1.29 is 8.42 Å². The maximum absolute atomic E-state index is 13.4. The standard InChI is InChI=1S/C23H24ClN5O2S/c1-15-22(17(3)28(25-15)14-19-10-12-20(24)13-11-19)27-32(30,31)23-16(2)26-29(18(23)4)21-8-6-5-7-9-21/h5-13,27H,14H2,1-4H3. The van der Waals surface area contributed by atoms with Crippen molar-refractivity contribution in [2.45, 2.75) is 39.1 Å². The monoisotopic (exact) mass is 469 g/mol. The molecular weight excluding hydrogens is 446 g/mol. The zero-order valence-electron chi connectivity index (χ0n) is 18.3. The highest BCUT2D eigenvalue weighted by Gasteiger charge is 2.27. The summed E-state index contributed by atoms with van der Waals surface area (Å²) in [5.41, 5.74) is 4.61. The second-order valence-corrected chi connectivity index (χ2v) is 9.74. The van der Waals surface area contributed by atoms with Crippen LogP contribution in [0.15, 0.2) is 59.5 Å². The van der Waals surface area contributed by atoms with Gasteiger partial charge in [0.25, 0.3) is 10.0 Å². The van der Waals surface area contributed by atoms with Crippen molar-refractivity contribution in [1.82, 2.24) is 19.6 Å². The van der Waals surface area contributed by atoms with E-state index in [0.29, 0.717) is 34.3 Å². The number of rotatable bonds is 6. The number of aromatic nitrogens is 4. The van der Waals surface area contributed by atoms with Crippen molar-refractivity contribution in [3.8, 4) is 5.69 Å². The summed E-state index contributed by atoms with van der Waals surface area (Å²) in [4.78, 5) is 0.172. The maximum atomic E-state index is 13.4. The summed E-state index contributed by atoms with van der Waals surface area (Å²) >= 11 is 5.97. The predicted molar refractivity (Wildman–Crippen MR) is 126 cm³/mol. The number of nitrogens with zero attached hydrogens (tertiary/aromatic N) is 4. The Morgan fingerprint density at radius 3 is 2.19 bits per heavy atom. The van der Waals surface area contributed by atoms with E-state index >= 15 is 0 Å². The lowest BCUT2D eigenvalue weighted by molar-refractivity contribution is 0.600. The minimum atomic E-state index is -3.88. The number of anilines is 1. The Kier molecular flexibility index (Phi) is 5.83. The van der Waals surface area contributed by atoms with Crippen LogP contribution in [0.5, 0.6) is 0 Å². The fraction of sp³-hybridized carbons (Fsp3) is 0.217. The number of halogens is 1. The van der Waals surface area contributed by atoms with Crippen LogP contribution in [0.1, 0.15) is 28.3 Å². The predicted octanol–water partition coefficient (Wildman–Crippen LogP) is 4.80. The van der Waals surface area contributed by atoms with E-state index in [9.17, 15) is 8.42 Å². The molecule has 4 aromatic rings. The Labute approximate surface area is 192 Å². The lowest BCUT2D eigenvalue weighted by atomic mass is 10.2. The number of hydrogen-bond acceptors (Lipinski definition) is 4. The minimum Gasteiger partial charge on any atom is -0.276 e. The van der Waals surface area contributed by atoms with Gasteiger partial charge in [-0.25, -0.2) is 13.1 Å². The average Bonchev–Trinajstić information content (AvgIpc) is 3.20. The summed E-state index contributed by atoms with van der Waals surface area (Å²) in [6, 6.07) is 16.9. The van der Waals surface area contributed by atoms with Crippen molar-refractivity contribution in [2.24, 2.45) is 0 Å². The zero-order chi connectivity index (χ0) is 23.0. The van der Waals surface area contributed by atoms with Crippen LogP contribution in [0.25, 0.3) is 5.69 Å². The molecule has 0 aliphatic heterocycles. The number of para-hydroxylation sites is 1. The molecule has 4 rings (SSSR count). The van der Waals surface area contributed by atoms with E-state index in [-0.39, 0.29) is 4.90 Å². The highest BCUT2D eigenvalue weighted by molar-refractivity contribution is 7.92. The van der Waals surface area contributed by atoms with E-state index in [1.807, 2.05) is 61.5 Å².